The molecule has 0 saturated carbocycles. The maximum atomic E-state index is 13.1. The van der Waals surface area contributed by atoms with Gasteiger partial charge >= 0.3 is 11.9 Å². The predicted octanol–water partition coefficient (Wildman–Crippen LogP) is 5.91. The van der Waals surface area contributed by atoms with Gasteiger partial charge in [-0.3, -0.25) is 38.1 Å². The van der Waals surface area contributed by atoms with Crippen LogP contribution >= 0.6 is 0 Å². The summed E-state index contributed by atoms with van der Waals surface area (Å²) in [5.74, 6) is -8.03. The number of carboxylic acids is 2. The van der Waals surface area contributed by atoms with Gasteiger partial charge in [-0.25, -0.2) is 0 Å². The molecule has 0 unspecified atom stereocenters. The summed E-state index contributed by atoms with van der Waals surface area (Å²) in [6.07, 6.45) is 15.8. The molecule has 0 radical (unpaired) electrons. The largest absolute Gasteiger partial charge is 0.481 e. The minimum Gasteiger partial charge on any atom is -0.481 e. The maximum Gasteiger partial charge on any atom is 0.306 e. The van der Waals surface area contributed by atoms with Gasteiger partial charge in [0, 0.05) is 50.0 Å². The van der Waals surface area contributed by atoms with Gasteiger partial charge in [-0.2, -0.15) is 8.42 Å². The number of hydrogen-bond donors (Lipinski definition) is 8. The van der Waals surface area contributed by atoms with Gasteiger partial charge in [0.25, 0.3) is 16.0 Å². The Morgan fingerprint density at radius 1 is 0.629 bits per heavy atom. The zero-order valence-electron chi connectivity index (χ0n) is 36.6. The molecule has 18 heteroatoms. The van der Waals surface area contributed by atoms with E-state index in [0.29, 0.717) is 31.4 Å². The number of aliphatic carboxylic acids is 2. The first kappa shape index (κ1) is 55.4. The van der Waals surface area contributed by atoms with E-state index in [1.807, 2.05) is 12.1 Å². The van der Waals surface area contributed by atoms with Crippen LogP contribution in [0.1, 0.15) is 171 Å². The van der Waals surface area contributed by atoms with Crippen LogP contribution in [-0.2, 0) is 38.9 Å². The highest BCUT2D eigenvalue weighted by Gasteiger charge is 2.31. The van der Waals surface area contributed by atoms with Crippen molar-refractivity contribution in [1.29, 1.82) is 0 Å². The number of amides is 4. The van der Waals surface area contributed by atoms with Crippen molar-refractivity contribution < 1.29 is 56.7 Å². The summed E-state index contributed by atoms with van der Waals surface area (Å²) in [4.78, 5) is 85.6. The number of carbonyl (C=O) groups is 7. The van der Waals surface area contributed by atoms with E-state index >= 15 is 0 Å². The normalized spacial score (nSPS) is 12.7. The fraction of sp³-hybridized carbons (Fsp3) is 0.705. The van der Waals surface area contributed by atoms with E-state index in [1.54, 1.807) is 12.1 Å². The Morgan fingerprint density at radius 2 is 1.15 bits per heavy atom. The molecule has 352 valence electrons. The van der Waals surface area contributed by atoms with Crippen LogP contribution in [0.5, 0.6) is 0 Å². The van der Waals surface area contributed by atoms with Crippen LogP contribution in [0.15, 0.2) is 24.3 Å². The molecule has 3 atom stereocenters. The number of nitrogens with one attached hydrogen (secondary N) is 4. The minimum atomic E-state index is -4.74. The van der Waals surface area contributed by atoms with Gasteiger partial charge in [0.15, 0.2) is 5.78 Å². The number of Topliss-reactive ketones (excluding diaryl/α,β-unsaturated/α-hetero) is 1. The number of nitrogens with two attached hydrogens (primary N) is 1. The second-order valence-electron chi connectivity index (χ2n) is 16.1. The van der Waals surface area contributed by atoms with Crippen LogP contribution in [0.2, 0.25) is 0 Å². The first-order valence-corrected chi connectivity index (χ1v) is 24.1. The maximum absolute atomic E-state index is 13.1. The molecule has 0 saturated heterocycles. The Bertz CT molecular complexity index is 1620. The van der Waals surface area contributed by atoms with Crippen LogP contribution in [0.4, 0.5) is 5.69 Å². The quantitative estimate of drug-likeness (QED) is 0.0282. The lowest BCUT2D eigenvalue weighted by molar-refractivity contribution is -0.144. The minimum absolute atomic E-state index is 0.00947. The zero-order chi connectivity index (χ0) is 46.2. The average molecular weight is 896 g/mol. The molecule has 1 rings (SSSR count). The summed E-state index contributed by atoms with van der Waals surface area (Å²) in [6, 6.07) is 4.36. The Balaban J connectivity index is 2.43. The lowest BCUT2D eigenvalue weighted by atomic mass is 9.94. The second-order valence-corrected chi connectivity index (χ2v) is 17.6. The number of anilines is 1. The molecular weight excluding hydrogens is 823 g/mol. The summed E-state index contributed by atoms with van der Waals surface area (Å²) in [5.41, 5.74) is 6.90. The molecule has 0 heterocycles. The van der Waals surface area contributed by atoms with Gasteiger partial charge < -0.3 is 37.2 Å². The molecule has 0 aromatic heterocycles. The smallest absolute Gasteiger partial charge is 0.306 e. The number of carbonyl (C=O) groups excluding carboxylic acids is 5. The fourth-order valence-electron chi connectivity index (χ4n) is 6.86. The van der Waals surface area contributed by atoms with Gasteiger partial charge in [0.2, 0.25) is 17.7 Å². The van der Waals surface area contributed by atoms with E-state index < -0.39 is 82.2 Å². The Labute approximate surface area is 367 Å². The molecule has 62 heavy (non-hydrogen) atoms. The fourth-order valence-corrected chi connectivity index (χ4v) is 7.55. The average Bonchev–Trinajstić information content (AvgIpc) is 3.20. The van der Waals surface area contributed by atoms with Crippen LogP contribution < -0.4 is 27.0 Å². The number of benzene rings is 1. The Morgan fingerprint density at radius 3 is 1.65 bits per heavy atom. The van der Waals surface area contributed by atoms with E-state index in [0.717, 1.165) is 95.7 Å². The molecular formula is C44H73N5O12S. The van der Waals surface area contributed by atoms with E-state index in [9.17, 15) is 51.6 Å². The molecule has 9 N–H and O–H groups in total. The van der Waals surface area contributed by atoms with Crippen LogP contribution in [0.3, 0.4) is 0 Å². The summed E-state index contributed by atoms with van der Waals surface area (Å²) in [6.45, 7) is 3.26. The van der Waals surface area contributed by atoms with Crippen molar-refractivity contribution in [2.24, 2.45) is 11.7 Å². The molecule has 0 aliphatic heterocycles. The third-order valence-electron chi connectivity index (χ3n) is 10.6. The highest BCUT2D eigenvalue weighted by Crippen LogP contribution is 2.17. The van der Waals surface area contributed by atoms with Crippen molar-refractivity contribution in [3.63, 3.8) is 0 Å². The summed E-state index contributed by atoms with van der Waals surface area (Å²) in [5, 5.41) is 29.4. The van der Waals surface area contributed by atoms with Crippen LogP contribution in [0.25, 0.3) is 0 Å². The number of rotatable bonds is 39. The van der Waals surface area contributed by atoms with E-state index in [2.05, 4.69) is 28.2 Å². The second kappa shape index (κ2) is 33.0. The van der Waals surface area contributed by atoms with E-state index in [-0.39, 0.29) is 31.6 Å². The standard InChI is InChI=1S/C44H73N5O12S/c1-2-3-29-46-35-26-23-33(24-27-35)43(56)47-30-19-18-20-36(42(45)55)48-40(52)28-25-34(44(57)58)31-38(50)37(32-62(59,60)61)49-39(51)21-16-14-12-10-8-6-4-5-7-9-11-13-15-17-22-41(53)54/h23-24,26-27,34,36-37,46H,2-22,25,28-32H2,1H3,(H2,45,55)(H,47,56)(H,48,52)(H,49,51)(H,53,54)(H,57,58)(H,59,60,61)/t34-,36+,37+/m1/s1. The van der Waals surface area contributed by atoms with Crippen molar-refractivity contribution in [3.8, 4) is 0 Å². The Kier molecular flexibility index (Phi) is 29.5. The number of ketones is 1. The molecule has 1 aromatic rings. The van der Waals surface area contributed by atoms with Gasteiger partial charge in [-0.05, 0) is 69.2 Å². The molecule has 4 amide bonds. The monoisotopic (exact) mass is 895 g/mol. The molecule has 0 bridgehead atoms. The summed E-state index contributed by atoms with van der Waals surface area (Å²) >= 11 is 0. The lowest BCUT2D eigenvalue weighted by Gasteiger charge is -2.19. The van der Waals surface area contributed by atoms with Crippen LogP contribution in [0, 0.1) is 5.92 Å². The molecule has 0 fully saturated rings. The summed E-state index contributed by atoms with van der Waals surface area (Å²) in [7, 11) is -4.74. The first-order valence-electron chi connectivity index (χ1n) is 22.4. The third kappa shape index (κ3) is 28.9. The first-order chi connectivity index (χ1) is 29.5. The van der Waals surface area contributed by atoms with Gasteiger partial charge in [0.05, 0.1) is 5.92 Å². The van der Waals surface area contributed by atoms with Crippen molar-refractivity contribution in [3.05, 3.63) is 29.8 Å². The van der Waals surface area contributed by atoms with Gasteiger partial charge in [0.1, 0.15) is 17.8 Å². The highest BCUT2D eigenvalue weighted by molar-refractivity contribution is 7.85. The van der Waals surface area contributed by atoms with Crippen molar-refractivity contribution in [1.82, 2.24) is 16.0 Å². The number of primary amides is 1. The van der Waals surface area contributed by atoms with E-state index in [1.165, 1.54) is 12.8 Å². The SMILES string of the molecule is CCCCNc1ccc(C(=O)NCCCC[C@H](NC(=O)CC[C@H](CC(=O)[C@H](CS(=O)(=O)O)NC(=O)CCCCCCCCCCCCCCCCC(=O)O)C(=O)O)C(N)=O)cc1. The zero-order valence-corrected chi connectivity index (χ0v) is 37.5. The molecule has 0 aliphatic carbocycles. The van der Waals surface area contributed by atoms with Crippen molar-refractivity contribution >= 4 is 57.2 Å². The third-order valence-corrected chi connectivity index (χ3v) is 11.3. The topological polar surface area (TPSA) is 288 Å². The Hall–Kier alpha value is -4.58. The molecule has 1 aromatic carbocycles. The predicted molar refractivity (Wildman–Crippen MR) is 237 cm³/mol. The van der Waals surface area contributed by atoms with Crippen molar-refractivity contribution in [2.45, 2.75) is 173 Å². The number of unbranched alkanes of at least 4 members (excludes halogenated alkanes) is 15. The molecule has 0 aliphatic rings. The lowest BCUT2D eigenvalue weighted by Crippen LogP contribution is -2.46. The van der Waals surface area contributed by atoms with Crippen molar-refractivity contribution in [2.75, 3.05) is 24.2 Å². The van der Waals surface area contributed by atoms with Gasteiger partial charge in [-0.15, -0.1) is 0 Å². The molecule has 17 nitrogen and oxygen atoms in total. The van der Waals surface area contributed by atoms with E-state index in [4.69, 9.17) is 10.8 Å². The molecule has 0 spiro atoms. The number of carboxylic acid groups (broad SMARTS) is 2. The highest BCUT2D eigenvalue weighted by atomic mass is 32.2. The van der Waals surface area contributed by atoms with Gasteiger partial charge in [-0.1, -0.05) is 90.4 Å². The number of hydrogen-bond acceptors (Lipinski definition) is 10. The summed E-state index contributed by atoms with van der Waals surface area (Å²) < 4.78 is 32.9. The van der Waals surface area contributed by atoms with Crippen LogP contribution in [-0.4, -0.2) is 95.5 Å².